The van der Waals surface area contributed by atoms with E-state index >= 15 is 0 Å². The first kappa shape index (κ1) is 28.7. The SMILES string of the molecule is Cc1ccc(OCCCC(=O)N(Cc2ccccc2Cl)[C@H](Cc2ccccc2)C(=O)NC2CCCCC2)cc1. The second-order valence-electron chi connectivity index (χ2n) is 10.4. The summed E-state index contributed by atoms with van der Waals surface area (Å²) in [5, 5.41) is 3.86. The zero-order valence-corrected chi connectivity index (χ0v) is 23.5. The number of ether oxygens (including phenoxy) is 1. The van der Waals surface area contributed by atoms with Gasteiger partial charge in [0, 0.05) is 30.5 Å². The molecule has 0 saturated heterocycles. The number of nitrogens with zero attached hydrogens (tertiary/aromatic N) is 1. The molecule has 5 nitrogen and oxygen atoms in total. The highest BCUT2D eigenvalue weighted by Gasteiger charge is 2.32. The van der Waals surface area contributed by atoms with Gasteiger partial charge in [-0.15, -0.1) is 0 Å². The van der Waals surface area contributed by atoms with Crippen LogP contribution in [-0.2, 0) is 22.6 Å². The molecule has 206 valence electrons. The number of halogens is 1. The summed E-state index contributed by atoms with van der Waals surface area (Å²) in [4.78, 5) is 29.3. The number of hydrogen-bond acceptors (Lipinski definition) is 3. The van der Waals surface area contributed by atoms with Crippen molar-refractivity contribution in [1.29, 1.82) is 0 Å². The quantitative estimate of drug-likeness (QED) is 0.251. The number of rotatable bonds is 12. The lowest BCUT2D eigenvalue weighted by Gasteiger charge is -2.33. The summed E-state index contributed by atoms with van der Waals surface area (Å²) in [7, 11) is 0. The minimum absolute atomic E-state index is 0.0813. The summed E-state index contributed by atoms with van der Waals surface area (Å²) < 4.78 is 5.86. The molecule has 0 unspecified atom stereocenters. The van der Waals surface area contributed by atoms with Gasteiger partial charge in [-0.25, -0.2) is 0 Å². The molecule has 1 fully saturated rings. The molecule has 6 heteroatoms. The lowest BCUT2D eigenvalue weighted by Crippen LogP contribution is -2.52. The zero-order chi connectivity index (χ0) is 27.5. The third-order valence-electron chi connectivity index (χ3n) is 7.35. The number of benzene rings is 3. The molecule has 1 saturated carbocycles. The van der Waals surface area contributed by atoms with Gasteiger partial charge in [0.1, 0.15) is 11.8 Å². The molecule has 2 amide bonds. The van der Waals surface area contributed by atoms with Crippen molar-refractivity contribution in [3.8, 4) is 5.75 Å². The Morgan fingerprint density at radius 2 is 1.64 bits per heavy atom. The largest absolute Gasteiger partial charge is 0.494 e. The smallest absolute Gasteiger partial charge is 0.243 e. The molecule has 0 radical (unpaired) electrons. The Morgan fingerprint density at radius 1 is 0.949 bits per heavy atom. The van der Waals surface area contributed by atoms with Gasteiger partial charge in [0.15, 0.2) is 0 Å². The second kappa shape index (κ2) is 14.7. The van der Waals surface area contributed by atoms with Crippen LogP contribution in [0.25, 0.3) is 0 Å². The average Bonchev–Trinajstić information content (AvgIpc) is 2.96. The van der Waals surface area contributed by atoms with Crippen molar-refractivity contribution in [2.24, 2.45) is 0 Å². The van der Waals surface area contributed by atoms with Gasteiger partial charge >= 0.3 is 0 Å². The fourth-order valence-electron chi connectivity index (χ4n) is 5.10. The Kier molecular flexibility index (Phi) is 10.8. The molecule has 0 bridgehead atoms. The van der Waals surface area contributed by atoms with E-state index in [1.165, 1.54) is 12.0 Å². The topological polar surface area (TPSA) is 58.6 Å². The molecule has 0 spiro atoms. The van der Waals surface area contributed by atoms with Crippen LogP contribution in [0.2, 0.25) is 5.02 Å². The maximum absolute atomic E-state index is 13.8. The van der Waals surface area contributed by atoms with Crippen molar-refractivity contribution >= 4 is 23.4 Å². The molecule has 1 aliphatic carbocycles. The zero-order valence-electron chi connectivity index (χ0n) is 22.8. The molecule has 1 N–H and O–H groups in total. The molecule has 1 atom stereocenters. The molecule has 3 aromatic rings. The van der Waals surface area contributed by atoms with Gasteiger partial charge in [-0.05, 0) is 55.5 Å². The maximum Gasteiger partial charge on any atom is 0.243 e. The van der Waals surface area contributed by atoms with E-state index in [-0.39, 0.29) is 30.8 Å². The van der Waals surface area contributed by atoms with E-state index in [1.54, 1.807) is 4.90 Å². The Labute approximate surface area is 237 Å². The molecular formula is C33H39ClN2O3. The van der Waals surface area contributed by atoms with Gasteiger partial charge < -0.3 is 15.0 Å². The van der Waals surface area contributed by atoms with Crippen LogP contribution in [-0.4, -0.2) is 35.4 Å². The molecule has 0 heterocycles. The van der Waals surface area contributed by atoms with Crippen molar-refractivity contribution < 1.29 is 14.3 Å². The van der Waals surface area contributed by atoms with Crippen LogP contribution in [0.1, 0.15) is 61.6 Å². The van der Waals surface area contributed by atoms with Crippen LogP contribution >= 0.6 is 11.6 Å². The summed E-state index contributed by atoms with van der Waals surface area (Å²) in [6.45, 7) is 2.73. The first-order chi connectivity index (χ1) is 19.0. The molecule has 39 heavy (non-hydrogen) atoms. The van der Waals surface area contributed by atoms with Crippen LogP contribution in [0.5, 0.6) is 5.75 Å². The predicted molar refractivity (Wildman–Crippen MR) is 157 cm³/mol. The van der Waals surface area contributed by atoms with Crippen LogP contribution in [0, 0.1) is 6.92 Å². The third kappa shape index (κ3) is 8.86. The average molecular weight is 547 g/mol. The van der Waals surface area contributed by atoms with E-state index < -0.39 is 6.04 Å². The molecule has 3 aromatic carbocycles. The van der Waals surface area contributed by atoms with Gasteiger partial charge in [0.2, 0.25) is 11.8 Å². The molecule has 1 aliphatic rings. The highest BCUT2D eigenvalue weighted by Crippen LogP contribution is 2.23. The fraction of sp³-hybridized carbons (Fsp3) is 0.394. The normalized spacial score (nSPS) is 14.4. The van der Waals surface area contributed by atoms with Crippen LogP contribution in [0.3, 0.4) is 0 Å². The molecule has 4 rings (SSSR count). The standard InChI is InChI=1S/C33H39ClN2O3/c1-25-18-20-29(21-19-25)39-22-10-17-32(37)36(24-27-13-8-9-16-30(27)34)31(23-26-11-4-2-5-12-26)33(38)35-28-14-6-3-7-15-28/h2,4-5,8-9,11-13,16,18-21,28,31H,3,6-7,10,14-15,17,22-24H2,1H3,(H,35,38)/t31-/m1/s1. The Morgan fingerprint density at radius 3 is 2.36 bits per heavy atom. The highest BCUT2D eigenvalue weighted by molar-refractivity contribution is 6.31. The summed E-state index contributed by atoms with van der Waals surface area (Å²) in [5.41, 5.74) is 3.01. The van der Waals surface area contributed by atoms with E-state index in [9.17, 15) is 9.59 Å². The summed E-state index contributed by atoms with van der Waals surface area (Å²) in [5.74, 6) is 0.610. The number of carbonyl (C=O) groups excluding carboxylic acids is 2. The Bertz CT molecular complexity index is 1190. The number of carbonyl (C=O) groups is 2. The number of nitrogens with one attached hydrogen (secondary N) is 1. The van der Waals surface area contributed by atoms with Crippen molar-refractivity contribution in [3.63, 3.8) is 0 Å². The van der Waals surface area contributed by atoms with Crippen molar-refractivity contribution in [2.75, 3.05) is 6.61 Å². The van der Waals surface area contributed by atoms with Gasteiger partial charge in [0.25, 0.3) is 0 Å². The molecular weight excluding hydrogens is 508 g/mol. The fourth-order valence-corrected chi connectivity index (χ4v) is 5.30. The Hall–Kier alpha value is -3.31. The lowest BCUT2D eigenvalue weighted by molar-refractivity contribution is -0.141. The predicted octanol–water partition coefficient (Wildman–Crippen LogP) is 6.90. The van der Waals surface area contributed by atoms with Gasteiger partial charge in [-0.3, -0.25) is 9.59 Å². The van der Waals surface area contributed by atoms with Crippen molar-refractivity contribution in [1.82, 2.24) is 10.2 Å². The van der Waals surface area contributed by atoms with Gasteiger partial charge in [-0.1, -0.05) is 97.1 Å². The monoisotopic (exact) mass is 546 g/mol. The summed E-state index contributed by atoms with van der Waals surface area (Å²) >= 11 is 6.52. The highest BCUT2D eigenvalue weighted by atomic mass is 35.5. The van der Waals surface area contributed by atoms with E-state index in [0.29, 0.717) is 24.5 Å². The first-order valence-electron chi connectivity index (χ1n) is 14.1. The lowest BCUT2D eigenvalue weighted by atomic mass is 9.94. The number of amides is 2. The van der Waals surface area contributed by atoms with Crippen LogP contribution in [0.4, 0.5) is 0 Å². The minimum Gasteiger partial charge on any atom is -0.494 e. The molecule has 0 aromatic heterocycles. The van der Waals surface area contributed by atoms with Gasteiger partial charge in [-0.2, -0.15) is 0 Å². The minimum atomic E-state index is -0.642. The van der Waals surface area contributed by atoms with Crippen molar-refractivity contribution in [3.05, 3.63) is 101 Å². The van der Waals surface area contributed by atoms with Crippen LogP contribution < -0.4 is 10.1 Å². The van der Waals surface area contributed by atoms with E-state index in [1.807, 2.05) is 85.8 Å². The number of aryl methyl sites for hydroxylation is 1. The van der Waals surface area contributed by atoms with Gasteiger partial charge in [0.05, 0.1) is 6.61 Å². The Balaban J connectivity index is 1.52. The summed E-state index contributed by atoms with van der Waals surface area (Å²) in [6, 6.07) is 24.8. The number of hydrogen-bond donors (Lipinski definition) is 1. The second-order valence-corrected chi connectivity index (χ2v) is 10.8. The summed E-state index contributed by atoms with van der Waals surface area (Å²) in [6.07, 6.45) is 6.69. The maximum atomic E-state index is 13.8. The van der Waals surface area contributed by atoms with Crippen molar-refractivity contribution in [2.45, 2.75) is 76.9 Å². The van der Waals surface area contributed by atoms with E-state index in [2.05, 4.69) is 5.32 Å². The van der Waals surface area contributed by atoms with E-state index in [4.69, 9.17) is 16.3 Å². The van der Waals surface area contributed by atoms with Crippen LogP contribution in [0.15, 0.2) is 78.9 Å². The van der Waals surface area contributed by atoms with E-state index in [0.717, 1.165) is 42.6 Å². The first-order valence-corrected chi connectivity index (χ1v) is 14.4. The molecule has 0 aliphatic heterocycles. The third-order valence-corrected chi connectivity index (χ3v) is 7.71.